The number of carbonyl (C=O) groups excluding carboxylic acids is 5. The highest BCUT2D eigenvalue weighted by atomic mass is 16.5. The first-order chi connectivity index (χ1) is 20.3. The summed E-state index contributed by atoms with van der Waals surface area (Å²) in [6, 6.07) is 12.3. The highest BCUT2D eigenvalue weighted by Crippen LogP contribution is 2.33. The fraction of sp³-hybridized carbons (Fsp3) is 0.387. The smallest absolute Gasteiger partial charge is 0.289 e. The molecule has 4 N–H and O–H groups in total. The summed E-state index contributed by atoms with van der Waals surface area (Å²) in [4.78, 5) is 71.1. The minimum absolute atomic E-state index is 0.00137. The SMILES string of the molecule is COc1cccc2[nH]c(C(=O)N3CCc4ccccc4[C@H]3C(=O)NC(C[C@@H]3CCNC3=O)C(=O)C(=O)NC3CC3)cc12. The number of hydrogen-bond donors (Lipinski definition) is 4. The Morgan fingerprint density at radius 3 is 2.62 bits per heavy atom. The van der Waals surface area contributed by atoms with Crippen LogP contribution in [0.1, 0.15) is 53.3 Å². The molecule has 0 bridgehead atoms. The minimum atomic E-state index is -1.21. The van der Waals surface area contributed by atoms with Crippen molar-refractivity contribution in [3.8, 4) is 5.75 Å². The molecule has 2 fully saturated rings. The third kappa shape index (κ3) is 5.34. The van der Waals surface area contributed by atoms with Crippen LogP contribution in [0.2, 0.25) is 0 Å². The van der Waals surface area contributed by atoms with E-state index in [1.54, 1.807) is 31.4 Å². The summed E-state index contributed by atoms with van der Waals surface area (Å²) in [6.07, 6.45) is 2.65. The Labute approximate surface area is 242 Å². The van der Waals surface area contributed by atoms with Gasteiger partial charge in [-0.15, -0.1) is 0 Å². The molecule has 42 heavy (non-hydrogen) atoms. The number of ketones is 1. The summed E-state index contributed by atoms with van der Waals surface area (Å²) in [5, 5.41) is 8.95. The van der Waals surface area contributed by atoms with E-state index in [-0.39, 0.29) is 30.8 Å². The molecule has 0 spiro atoms. The summed E-state index contributed by atoms with van der Waals surface area (Å²) >= 11 is 0. The average molecular weight is 572 g/mol. The van der Waals surface area contributed by atoms with Gasteiger partial charge in [0.25, 0.3) is 11.8 Å². The van der Waals surface area contributed by atoms with Crippen LogP contribution in [-0.2, 0) is 25.6 Å². The number of methoxy groups -OCH3 is 1. The van der Waals surface area contributed by atoms with Crippen molar-refractivity contribution in [3.63, 3.8) is 0 Å². The number of amides is 4. The molecule has 11 nitrogen and oxygen atoms in total. The number of aromatic amines is 1. The molecule has 218 valence electrons. The summed E-state index contributed by atoms with van der Waals surface area (Å²) in [5.41, 5.74) is 2.59. The number of ether oxygens (including phenoxy) is 1. The standard InChI is InChI=1S/C31H33N5O6/c1-42-25-8-4-7-22-21(25)16-24(34-22)31(41)36-14-12-17-5-2-3-6-20(17)26(36)29(39)35-23(15-18-11-13-32-28(18)38)27(37)30(40)33-19-9-10-19/h2-8,16,18-19,23,26,34H,9-15H2,1H3,(H,32,38)(H,33,40)(H,35,39)/t18-,23?,26-/m0/s1. The first-order valence-electron chi connectivity index (χ1n) is 14.3. The molecule has 6 rings (SSSR count). The van der Waals surface area contributed by atoms with Crippen LogP contribution >= 0.6 is 0 Å². The zero-order chi connectivity index (χ0) is 29.4. The maximum absolute atomic E-state index is 14.1. The normalized spacial score (nSPS) is 20.4. The zero-order valence-electron chi connectivity index (χ0n) is 23.3. The molecular weight excluding hydrogens is 538 g/mol. The highest BCUT2D eigenvalue weighted by molar-refractivity contribution is 6.38. The van der Waals surface area contributed by atoms with Crippen molar-refractivity contribution in [1.82, 2.24) is 25.8 Å². The molecule has 1 aliphatic carbocycles. The lowest BCUT2D eigenvalue weighted by Crippen LogP contribution is -2.54. The predicted octanol–water partition coefficient (Wildman–Crippen LogP) is 1.77. The summed E-state index contributed by atoms with van der Waals surface area (Å²) in [7, 11) is 1.56. The Kier molecular flexibility index (Phi) is 7.40. The third-order valence-corrected chi connectivity index (χ3v) is 8.32. The number of benzene rings is 2. The molecule has 2 aromatic carbocycles. The van der Waals surface area contributed by atoms with Crippen molar-refractivity contribution < 1.29 is 28.7 Å². The summed E-state index contributed by atoms with van der Waals surface area (Å²) in [5.74, 6) is -2.63. The van der Waals surface area contributed by atoms with Gasteiger partial charge >= 0.3 is 0 Å². The zero-order valence-corrected chi connectivity index (χ0v) is 23.3. The number of nitrogens with zero attached hydrogens (tertiary/aromatic N) is 1. The maximum Gasteiger partial charge on any atom is 0.289 e. The van der Waals surface area contributed by atoms with E-state index in [4.69, 9.17) is 4.74 Å². The Morgan fingerprint density at radius 2 is 1.88 bits per heavy atom. The van der Waals surface area contributed by atoms with Crippen LogP contribution in [-0.4, -0.2) is 71.6 Å². The molecular formula is C31H33N5O6. The van der Waals surface area contributed by atoms with Crippen molar-refractivity contribution in [2.24, 2.45) is 5.92 Å². The second kappa shape index (κ2) is 11.3. The molecule has 3 heterocycles. The molecule has 0 radical (unpaired) electrons. The number of Topliss-reactive ketones (excluding diaryl/α,β-unsaturated/α-hetero) is 1. The van der Waals surface area contributed by atoms with Crippen molar-refractivity contribution in [2.75, 3.05) is 20.2 Å². The van der Waals surface area contributed by atoms with Gasteiger partial charge in [-0.2, -0.15) is 0 Å². The predicted molar refractivity (Wildman–Crippen MR) is 153 cm³/mol. The summed E-state index contributed by atoms with van der Waals surface area (Å²) < 4.78 is 5.45. The van der Waals surface area contributed by atoms with E-state index in [2.05, 4.69) is 20.9 Å². The number of H-pyrrole nitrogens is 1. The van der Waals surface area contributed by atoms with Crippen LogP contribution in [0.15, 0.2) is 48.5 Å². The second-order valence-corrected chi connectivity index (χ2v) is 11.1. The Morgan fingerprint density at radius 1 is 1.07 bits per heavy atom. The second-order valence-electron chi connectivity index (χ2n) is 11.1. The molecule has 3 aromatic rings. The third-order valence-electron chi connectivity index (χ3n) is 8.32. The van der Waals surface area contributed by atoms with Gasteiger partial charge in [0.15, 0.2) is 0 Å². The average Bonchev–Trinajstić information content (AvgIpc) is 3.55. The Balaban J connectivity index is 1.31. The van der Waals surface area contributed by atoms with E-state index < -0.39 is 35.6 Å². The van der Waals surface area contributed by atoms with Crippen LogP contribution in [0, 0.1) is 5.92 Å². The van der Waals surface area contributed by atoms with Crippen molar-refractivity contribution >= 4 is 40.3 Å². The number of nitrogens with one attached hydrogen (secondary N) is 4. The van der Waals surface area contributed by atoms with E-state index in [1.807, 2.05) is 24.3 Å². The van der Waals surface area contributed by atoms with Crippen molar-refractivity contribution in [1.29, 1.82) is 0 Å². The first kappa shape index (κ1) is 27.5. The molecule has 1 saturated heterocycles. The molecule has 3 atom stereocenters. The largest absolute Gasteiger partial charge is 0.496 e. The van der Waals surface area contributed by atoms with Gasteiger partial charge in [-0.3, -0.25) is 24.0 Å². The first-order valence-corrected chi connectivity index (χ1v) is 14.3. The number of carbonyl (C=O) groups is 5. The molecule has 4 amide bonds. The van der Waals surface area contributed by atoms with E-state index in [0.29, 0.717) is 36.4 Å². The van der Waals surface area contributed by atoms with Crippen LogP contribution in [0.3, 0.4) is 0 Å². The molecule has 1 saturated carbocycles. The van der Waals surface area contributed by atoms with Gasteiger partial charge in [0.1, 0.15) is 17.5 Å². The molecule has 3 aliphatic rings. The van der Waals surface area contributed by atoms with Crippen LogP contribution in [0.25, 0.3) is 10.9 Å². The van der Waals surface area contributed by atoms with Gasteiger partial charge in [0.2, 0.25) is 17.6 Å². The van der Waals surface area contributed by atoms with E-state index in [9.17, 15) is 24.0 Å². The van der Waals surface area contributed by atoms with E-state index >= 15 is 0 Å². The van der Waals surface area contributed by atoms with Gasteiger partial charge < -0.3 is 30.6 Å². The lowest BCUT2D eigenvalue weighted by Gasteiger charge is -2.37. The fourth-order valence-corrected chi connectivity index (χ4v) is 5.92. The van der Waals surface area contributed by atoms with Gasteiger partial charge in [0.05, 0.1) is 13.2 Å². The molecule has 1 aromatic heterocycles. The minimum Gasteiger partial charge on any atom is -0.496 e. The van der Waals surface area contributed by atoms with Gasteiger partial charge in [-0.05, 0) is 61.4 Å². The number of rotatable bonds is 9. The fourth-order valence-electron chi connectivity index (χ4n) is 5.92. The Bertz CT molecular complexity index is 1580. The molecule has 11 heteroatoms. The summed E-state index contributed by atoms with van der Waals surface area (Å²) in [6.45, 7) is 0.742. The maximum atomic E-state index is 14.1. The van der Waals surface area contributed by atoms with Gasteiger partial charge in [-0.25, -0.2) is 0 Å². The highest BCUT2D eigenvalue weighted by Gasteiger charge is 2.41. The quantitative estimate of drug-likeness (QED) is 0.288. The lowest BCUT2D eigenvalue weighted by molar-refractivity contribution is -0.141. The van der Waals surface area contributed by atoms with Gasteiger partial charge in [0, 0.05) is 36.0 Å². The van der Waals surface area contributed by atoms with Gasteiger partial charge in [-0.1, -0.05) is 30.3 Å². The van der Waals surface area contributed by atoms with E-state index in [0.717, 1.165) is 29.3 Å². The van der Waals surface area contributed by atoms with Crippen LogP contribution in [0.4, 0.5) is 0 Å². The van der Waals surface area contributed by atoms with Crippen molar-refractivity contribution in [3.05, 3.63) is 65.4 Å². The Hall–Kier alpha value is -4.67. The number of aromatic nitrogens is 1. The van der Waals surface area contributed by atoms with E-state index in [1.165, 1.54) is 4.90 Å². The monoisotopic (exact) mass is 571 g/mol. The van der Waals surface area contributed by atoms with Crippen molar-refractivity contribution in [2.45, 2.75) is 50.2 Å². The number of hydrogen-bond acceptors (Lipinski definition) is 6. The van der Waals surface area contributed by atoms with Crippen LogP contribution < -0.4 is 20.7 Å². The molecule has 2 aliphatic heterocycles. The number of fused-ring (bicyclic) bond motifs is 2. The van der Waals surface area contributed by atoms with Crippen LogP contribution in [0.5, 0.6) is 5.75 Å². The topological polar surface area (TPSA) is 150 Å². The molecule has 1 unspecified atom stereocenters. The lowest BCUT2D eigenvalue weighted by atomic mass is 9.90.